The van der Waals surface area contributed by atoms with Crippen molar-refractivity contribution in [2.75, 3.05) is 13.2 Å². The van der Waals surface area contributed by atoms with E-state index in [0.29, 0.717) is 25.9 Å². The van der Waals surface area contributed by atoms with Crippen molar-refractivity contribution in [3.05, 3.63) is 12.2 Å². The molecule has 524 valence electrons. The Hall–Kier alpha value is -1.40. The molecule has 2 atom stereocenters. The third-order valence-corrected chi connectivity index (χ3v) is 19.6. The average molecular weight is 1240 g/mol. The second-order valence-corrected chi connectivity index (χ2v) is 28.5. The fraction of sp³-hybridized carbons (Fsp3) is 0.951. The van der Waals surface area contributed by atoms with E-state index in [1.807, 2.05) is 0 Å². The van der Waals surface area contributed by atoms with Crippen LogP contribution in [0.2, 0.25) is 0 Å². The smallest absolute Gasteiger partial charge is 0.305 e. The molecule has 0 aliphatic rings. The molecule has 0 radical (unpaired) electrons. The molecule has 0 saturated heterocycles. The van der Waals surface area contributed by atoms with E-state index in [1.165, 1.54) is 405 Å². The molecule has 0 aromatic heterocycles. The van der Waals surface area contributed by atoms with E-state index < -0.39 is 12.1 Å². The lowest BCUT2D eigenvalue weighted by atomic mass is 10.0. The molecule has 0 aliphatic carbocycles. The molecular formula is C82H161NO5. The van der Waals surface area contributed by atoms with Crippen molar-refractivity contribution >= 4 is 11.9 Å². The number of hydrogen-bond donors (Lipinski definition) is 3. The minimum Gasteiger partial charge on any atom is -0.466 e. The number of carbonyl (C=O) groups excluding carboxylic acids is 2. The zero-order valence-electron chi connectivity index (χ0n) is 60.3. The third kappa shape index (κ3) is 73.6. The average Bonchev–Trinajstić information content (AvgIpc) is 3.58. The first-order valence-corrected chi connectivity index (χ1v) is 40.9. The Morgan fingerprint density at radius 2 is 0.534 bits per heavy atom. The lowest BCUT2D eigenvalue weighted by molar-refractivity contribution is -0.143. The standard InChI is InChI=1S/C82H161NO5/c1-3-5-7-9-11-13-15-17-19-21-22-23-34-37-40-43-46-50-54-58-62-66-70-74-80(85)79(78-84)83-81(86)75-71-67-63-59-55-51-47-44-41-38-35-32-30-28-26-24-25-27-29-31-33-36-39-42-45-49-53-57-61-65-69-73-77-88-82(87)76-72-68-64-60-56-52-48-20-18-16-14-12-10-8-6-4-2/h27,29,79-80,84-85H,3-26,28,30-78H2,1-2H3,(H,83,86)/b29-27-. The van der Waals surface area contributed by atoms with Gasteiger partial charge in [0, 0.05) is 12.8 Å². The Labute approximate surface area is 552 Å². The molecule has 3 N–H and O–H groups in total. The minimum absolute atomic E-state index is 0.0231. The summed E-state index contributed by atoms with van der Waals surface area (Å²) in [6.45, 7) is 5.02. The van der Waals surface area contributed by atoms with Gasteiger partial charge in [0.25, 0.3) is 0 Å². The van der Waals surface area contributed by atoms with E-state index in [9.17, 15) is 19.8 Å². The van der Waals surface area contributed by atoms with Crippen LogP contribution in [0.5, 0.6) is 0 Å². The molecule has 0 bridgehead atoms. The quantitative estimate of drug-likeness (QED) is 0.0320. The van der Waals surface area contributed by atoms with Gasteiger partial charge in [-0.2, -0.15) is 0 Å². The van der Waals surface area contributed by atoms with Crippen LogP contribution in [0.15, 0.2) is 12.2 Å². The Bertz CT molecular complexity index is 1340. The number of allylic oxidation sites excluding steroid dienone is 2. The Morgan fingerprint density at radius 1 is 0.307 bits per heavy atom. The highest BCUT2D eigenvalue weighted by molar-refractivity contribution is 5.76. The zero-order valence-corrected chi connectivity index (χ0v) is 60.3. The monoisotopic (exact) mass is 1240 g/mol. The summed E-state index contributed by atoms with van der Waals surface area (Å²) in [4.78, 5) is 24.7. The number of esters is 1. The van der Waals surface area contributed by atoms with Crippen molar-refractivity contribution in [2.45, 2.75) is 488 Å². The van der Waals surface area contributed by atoms with Crippen molar-refractivity contribution in [3.8, 4) is 0 Å². The van der Waals surface area contributed by atoms with Crippen LogP contribution in [0.1, 0.15) is 476 Å². The minimum atomic E-state index is -0.663. The van der Waals surface area contributed by atoms with Crippen LogP contribution in [0.3, 0.4) is 0 Å². The molecule has 0 aromatic carbocycles. The summed E-state index contributed by atoms with van der Waals surface area (Å²) in [5.74, 6) is -0.00306. The van der Waals surface area contributed by atoms with E-state index >= 15 is 0 Å². The second-order valence-electron chi connectivity index (χ2n) is 28.5. The number of carbonyl (C=O) groups is 2. The first-order valence-electron chi connectivity index (χ1n) is 40.9. The van der Waals surface area contributed by atoms with Gasteiger partial charge >= 0.3 is 5.97 Å². The molecule has 88 heavy (non-hydrogen) atoms. The topological polar surface area (TPSA) is 95.9 Å². The Kier molecular flexibility index (Phi) is 76.8. The molecule has 0 rings (SSSR count). The summed E-state index contributed by atoms with van der Waals surface area (Å²) in [7, 11) is 0. The second kappa shape index (κ2) is 78.0. The van der Waals surface area contributed by atoms with Gasteiger partial charge in [-0.15, -0.1) is 0 Å². The van der Waals surface area contributed by atoms with Crippen LogP contribution in [0.4, 0.5) is 0 Å². The summed E-state index contributed by atoms with van der Waals surface area (Å²) >= 11 is 0. The summed E-state index contributed by atoms with van der Waals surface area (Å²) in [6, 6.07) is -0.540. The first kappa shape index (κ1) is 86.6. The highest BCUT2D eigenvalue weighted by Crippen LogP contribution is 2.21. The molecule has 0 aliphatic heterocycles. The maximum absolute atomic E-state index is 12.6. The molecule has 0 saturated carbocycles. The molecule has 6 nitrogen and oxygen atoms in total. The van der Waals surface area contributed by atoms with E-state index in [1.54, 1.807) is 0 Å². The first-order chi connectivity index (χ1) is 43.5. The third-order valence-electron chi connectivity index (χ3n) is 19.6. The predicted molar refractivity (Wildman–Crippen MR) is 389 cm³/mol. The molecule has 0 aromatic rings. The maximum atomic E-state index is 12.6. The Morgan fingerprint density at radius 3 is 0.807 bits per heavy atom. The number of unbranched alkanes of at least 4 members (excludes halogenated alkanes) is 65. The van der Waals surface area contributed by atoms with Gasteiger partial charge in [0.05, 0.1) is 25.4 Å². The van der Waals surface area contributed by atoms with Gasteiger partial charge in [-0.3, -0.25) is 9.59 Å². The maximum Gasteiger partial charge on any atom is 0.305 e. The van der Waals surface area contributed by atoms with E-state index in [2.05, 4.69) is 31.3 Å². The van der Waals surface area contributed by atoms with Gasteiger partial charge in [0.2, 0.25) is 5.91 Å². The summed E-state index contributed by atoms with van der Waals surface area (Å²) in [6.07, 6.45) is 98.9. The van der Waals surface area contributed by atoms with Crippen molar-refractivity contribution in [2.24, 2.45) is 0 Å². The normalized spacial score (nSPS) is 12.5. The van der Waals surface area contributed by atoms with E-state index in [-0.39, 0.29) is 18.5 Å². The number of nitrogens with one attached hydrogen (secondary N) is 1. The summed E-state index contributed by atoms with van der Waals surface area (Å²) < 4.78 is 5.51. The highest BCUT2D eigenvalue weighted by atomic mass is 16.5. The van der Waals surface area contributed by atoms with Crippen LogP contribution < -0.4 is 5.32 Å². The number of hydrogen-bond acceptors (Lipinski definition) is 5. The molecule has 0 fully saturated rings. The van der Waals surface area contributed by atoms with Gasteiger partial charge in [-0.1, -0.05) is 424 Å². The summed E-state index contributed by atoms with van der Waals surface area (Å²) in [5, 5.41) is 23.5. The molecular weight excluding hydrogens is 1080 g/mol. The number of aliphatic hydroxyl groups excluding tert-OH is 2. The largest absolute Gasteiger partial charge is 0.466 e. The van der Waals surface area contributed by atoms with Crippen molar-refractivity contribution in [1.29, 1.82) is 0 Å². The number of aliphatic hydroxyl groups is 2. The van der Waals surface area contributed by atoms with Crippen molar-refractivity contribution in [3.63, 3.8) is 0 Å². The fourth-order valence-electron chi connectivity index (χ4n) is 13.3. The number of rotatable bonds is 78. The molecule has 1 amide bonds. The number of ether oxygens (including phenoxy) is 1. The van der Waals surface area contributed by atoms with Gasteiger partial charge < -0.3 is 20.3 Å². The predicted octanol–water partition coefficient (Wildman–Crippen LogP) is 27.1. The van der Waals surface area contributed by atoms with E-state index in [0.717, 1.165) is 38.5 Å². The van der Waals surface area contributed by atoms with Crippen molar-refractivity contribution in [1.82, 2.24) is 5.32 Å². The van der Waals surface area contributed by atoms with Crippen LogP contribution in [0, 0.1) is 0 Å². The van der Waals surface area contributed by atoms with Gasteiger partial charge in [-0.25, -0.2) is 0 Å². The van der Waals surface area contributed by atoms with Crippen LogP contribution in [-0.4, -0.2) is 47.4 Å². The SMILES string of the molecule is CCCCCCCCCCCCCCCCCCCCCCCCCC(O)C(CO)NC(=O)CCCCCCCCCCCCCCCCCC/C=C\CCCCCCCCCCCCCCOC(=O)CCCCCCCCCCCCCCCCCC. The lowest BCUT2D eigenvalue weighted by Gasteiger charge is -2.22. The molecule has 2 unspecified atom stereocenters. The van der Waals surface area contributed by atoms with Crippen LogP contribution >= 0.6 is 0 Å². The van der Waals surface area contributed by atoms with E-state index in [4.69, 9.17) is 4.74 Å². The Balaban J connectivity index is 3.34. The lowest BCUT2D eigenvalue weighted by Crippen LogP contribution is -2.45. The van der Waals surface area contributed by atoms with Crippen molar-refractivity contribution < 1.29 is 24.5 Å². The number of amides is 1. The van der Waals surface area contributed by atoms with Crippen LogP contribution in [0.25, 0.3) is 0 Å². The zero-order chi connectivity index (χ0) is 63.5. The fourth-order valence-corrected chi connectivity index (χ4v) is 13.3. The van der Waals surface area contributed by atoms with Gasteiger partial charge in [0.1, 0.15) is 0 Å². The summed E-state index contributed by atoms with van der Waals surface area (Å²) in [5.41, 5.74) is 0. The van der Waals surface area contributed by atoms with Gasteiger partial charge in [-0.05, 0) is 51.4 Å². The highest BCUT2D eigenvalue weighted by Gasteiger charge is 2.20. The molecule has 6 heteroatoms. The van der Waals surface area contributed by atoms with Crippen LogP contribution in [-0.2, 0) is 14.3 Å². The molecule has 0 heterocycles. The van der Waals surface area contributed by atoms with Gasteiger partial charge in [0.15, 0.2) is 0 Å². The molecule has 0 spiro atoms.